The van der Waals surface area contributed by atoms with E-state index in [2.05, 4.69) is 316 Å². The smallest absolute Gasteiger partial charge is 0.256 e. The molecule has 0 radical (unpaired) electrons. The molecular formula is C82H76BN3O. The predicted molar refractivity (Wildman–Crippen MR) is 372 cm³/mol. The van der Waals surface area contributed by atoms with E-state index in [0.717, 1.165) is 63.7 Å². The summed E-state index contributed by atoms with van der Waals surface area (Å²) in [5.74, 6) is 1.75. The summed E-state index contributed by atoms with van der Waals surface area (Å²) in [7, 11) is 0. The van der Waals surface area contributed by atoms with E-state index in [0.29, 0.717) is 0 Å². The van der Waals surface area contributed by atoms with Crippen LogP contribution in [0.1, 0.15) is 129 Å². The highest BCUT2D eigenvalue weighted by molar-refractivity contribution is 6.99. The SMILES string of the molecule is CC(C)(C)c1ccc2c3ccc(C(C)(C)C)cc3n(-c3ccc4c(c3)Oc3cc(-c5ccccc5)cc5c3B4c3ccc(-n4c6cc(C(C)(C)C)ccc6c6ccc(C(C)(C)C)cc64)cc3N5C3=C(c4ccccc4)CCC=C3c3ccccc3)c2c1. The van der Waals surface area contributed by atoms with Gasteiger partial charge in [0, 0.05) is 55.9 Å². The molecule has 0 fully saturated rings. The van der Waals surface area contributed by atoms with Crippen LogP contribution >= 0.6 is 0 Å². The van der Waals surface area contributed by atoms with Gasteiger partial charge in [-0.15, -0.1) is 0 Å². The molecule has 0 bridgehead atoms. The fourth-order valence-electron chi connectivity index (χ4n) is 14.3. The number of fused-ring (bicyclic) bond motifs is 10. The van der Waals surface area contributed by atoms with E-state index in [1.54, 1.807) is 0 Å². The largest absolute Gasteiger partial charge is 0.458 e. The van der Waals surface area contributed by atoms with E-state index in [1.807, 2.05) is 0 Å². The third-order valence-electron chi connectivity index (χ3n) is 19.1. The molecule has 0 saturated heterocycles. The number of ether oxygens (including phenoxy) is 1. The first-order chi connectivity index (χ1) is 41.7. The normalized spacial score (nSPS) is 14.4. The van der Waals surface area contributed by atoms with Gasteiger partial charge < -0.3 is 18.8 Å². The first kappa shape index (κ1) is 54.6. The van der Waals surface area contributed by atoms with Gasteiger partial charge in [-0.3, -0.25) is 0 Å². The molecule has 428 valence electrons. The zero-order valence-corrected chi connectivity index (χ0v) is 52.5. The Morgan fingerprint density at radius 1 is 0.368 bits per heavy atom. The molecule has 0 atom stereocenters. The van der Waals surface area contributed by atoms with Gasteiger partial charge in [-0.25, -0.2) is 0 Å². The summed E-state index contributed by atoms with van der Waals surface area (Å²) in [6.07, 6.45) is 4.31. The van der Waals surface area contributed by atoms with E-state index in [4.69, 9.17) is 4.74 Å². The number of allylic oxidation sites excluding steroid dienone is 3. The number of aromatic nitrogens is 2. The van der Waals surface area contributed by atoms with Crippen molar-refractivity contribution in [2.75, 3.05) is 4.90 Å². The van der Waals surface area contributed by atoms with Crippen LogP contribution in [-0.2, 0) is 21.7 Å². The van der Waals surface area contributed by atoms with Gasteiger partial charge in [0.25, 0.3) is 6.71 Å². The Morgan fingerprint density at radius 3 is 1.28 bits per heavy atom. The number of hydrogen-bond acceptors (Lipinski definition) is 2. The second-order valence-corrected chi connectivity index (χ2v) is 28.9. The molecule has 2 aromatic heterocycles. The minimum Gasteiger partial charge on any atom is -0.458 e. The van der Waals surface area contributed by atoms with Gasteiger partial charge in [-0.1, -0.05) is 241 Å². The van der Waals surface area contributed by atoms with Crippen LogP contribution in [0.2, 0.25) is 0 Å². The zero-order valence-electron chi connectivity index (χ0n) is 52.5. The van der Waals surface area contributed by atoms with Crippen molar-refractivity contribution in [3.63, 3.8) is 0 Å². The maximum absolute atomic E-state index is 7.66. The molecule has 87 heavy (non-hydrogen) atoms. The lowest BCUT2D eigenvalue weighted by molar-refractivity contribution is 0.487. The number of benzene rings is 10. The van der Waals surface area contributed by atoms with Gasteiger partial charge >= 0.3 is 0 Å². The van der Waals surface area contributed by atoms with Crippen molar-refractivity contribution in [1.82, 2.24) is 9.13 Å². The van der Waals surface area contributed by atoms with Crippen LogP contribution in [-0.4, -0.2) is 15.8 Å². The summed E-state index contributed by atoms with van der Waals surface area (Å²) in [6, 6.07) is 81.0. The third-order valence-corrected chi connectivity index (χ3v) is 19.1. The summed E-state index contributed by atoms with van der Waals surface area (Å²) in [4.78, 5) is 2.66. The van der Waals surface area contributed by atoms with E-state index < -0.39 is 0 Å². The average Bonchev–Trinajstić information content (AvgIpc) is 0.990. The van der Waals surface area contributed by atoms with Crippen LogP contribution in [0, 0.1) is 0 Å². The molecule has 0 amide bonds. The van der Waals surface area contributed by atoms with Crippen LogP contribution in [0.4, 0.5) is 11.4 Å². The molecular weight excluding hydrogens is 1050 g/mol. The molecule has 4 nitrogen and oxygen atoms in total. The topological polar surface area (TPSA) is 22.3 Å². The van der Waals surface area contributed by atoms with Gasteiger partial charge in [0.2, 0.25) is 0 Å². The fraction of sp³-hybridized carbons (Fsp3) is 0.220. The summed E-state index contributed by atoms with van der Waals surface area (Å²) in [5, 5.41) is 5.01. The van der Waals surface area contributed by atoms with Gasteiger partial charge in [0.05, 0.1) is 27.8 Å². The Morgan fingerprint density at radius 2 is 0.805 bits per heavy atom. The van der Waals surface area contributed by atoms with E-state index >= 15 is 0 Å². The standard InChI is InChI=1S/C82H76BN3O/c1-79(2,3)55-31-37-63-64-38-32-56(80(4,5)6)46-70(64)84(69(63)45-55)59-35-41-67-73(49-59)86(78-61(52-25-18-14-19-26-52)29-22-30-62(78)53-27-20-15-21-28-53)74-43-54(51-23-16-13-17-24-51)44-76-77(74)83(67)68-42-36-60(50-75(68)87-76)85-71-47-57(81(7,8)9)33-39-65(71)66-40-34-58(48-72(66)85)82(10,11)12/h13-21,23-29,31-50H,22,30H2,1-12H3. The molecule has 2 aliphatic heterocycles. The number of hydrogen-bond donors (Lipinski definition) is 0. The van der Waals surface area contributed by atoms with Crippen molar-refractivity contribution in [2.45, 2.75) is 118 Å². The Kier molecular flexibility index (Phi) is 12.4. The maximum atomic E-state index is 7.66. The molecule has 1 aliphatic carbocycles. The van der Waals surface area contributed by atoms with Crippen molar-refractivity contribution in [2.24, 2.45) is 0 Å². The molecule has 15 rings (SSSR count). The fourth-order valence-corrected chi connectivity index (χ4v) is 14.3. The third kappa shape index (κ3) is 9.02. The van der Waals surface area contributed by atoms with Crippen molar-refractivity contribution in [1.29, 1.82) is 0 Å². The molecule has 3 aliphatic rings. The first-order valence-electron chi connectivity index (χ1n) is 31.4. The summed E-state index contributed by atoms with van der Waals surface area (Å²) < 4.78 is 12.7. The van der Waals surface area contributed by atoms with Crippen molar-refractivity contribution < 1.29 is 4.74 Å². The van der Waals surface area contributed by atoms with Gasteiger partial charge in [-0.05, 0) is 156 Å². The van der Waals surface area contributed by atoms with Gasteiger partial charge in [0.1, 0.15) is 11.5 Å². The van der Waals surface area contributed by atoms with Crippen LogP contribution in [0.25, 0.3) is 77.3 Å². The Labute approximate surface area is 514 Å². The summed E-state index contributed by atoms with van der Waals surface area (Å²) >= 11 is 0. The minimum absolute atomic E-state index is 0.0372. The lowest BCUT2D eigenvalue weighted by Crippen LogP contribution is -2.60. The molecule has 5 heteroatoms. The maximum Gasteiger partial charge on any atom is 0.256 e. The minimum atomic E-state index is -0.164. The summed E-state index contributed by atoms with van der Waals surface area (Å²) in [6.45, 7) is 27.7. The molecule has 10 aromatic carbocycles. The van der Waals surface area contributed by atoms with Gasteiger partial charge in [-0.2, -0.15) is 0 Å². The van der Waals surface area contributed by atoms with Crippen LogP contribution in [0.3, 0.4) is 0 Å². The second-order valence-electron chi connectivity index (χ2n) is 28.9. The quantitative estimate of drug-likeness (QED) is 0.155. The second kappa shape index (κ2) is 19.7. The van der Waals surface area contributed by atoms with Crippen molar-refractivity contribution in [3.8, 4) is 34.0 Å². The van der Waals surface area contributed by atoms with E-state index in [1.165, 1.54) is 105 Å². The predicted octanol–water partition coefficient (Wildman–Crippen LogP) is 20.1. The van der Waals surface area contributed by atoms with E-state index in [9.17, 15) is 0 Å². The number of rotatable bonds is 6. The average molecular weight is 1130 g/mol. The lowest BCUT2D eigenvalue weighted by Gasteiger charge is -2.43. The molecule has 0 saturated carbocycles. The van der Waals surface area contributed by atoms with Crippen molar-refractivity contribution >= 4 is 89.2 Å². The highest BCUT2D eigenvalue weighted by atomic mass is 16.5. The Balaban J connectivity index is 1.05. The van der Waals surface area contributed by atoms with Crippen molar-refractivity contribution in [3.05, 3.63) is 257 Å². The number of nitrogens with zero attached hydrogens (tertiary/aromatic N) is 3. The monoisotopic (exact) mass is 1130 g/mol. The van der Waals surface area contributed by atoms with E-state index in [-0.39, 0.29) is 28.4 Å². The molecule has 0 spiro atoms. The van der Waals surface area contributed by atoms with Gasteiger partial charge in [0.15, 0.2) is 0 Å². The molecule has 0 N–H and O–H groups in total. The highest BCUT2D eigenvalue weighted by Crippen LogP contribution is 2.50. The Bertz CT molecular complexity index is 4710. The van der Waals surface area contributed by atoms with Crippen LogP contribution in [0.15, 0.2) is 224 Å². The Hall–Kier alpha value is -9.06. The molecule has 0 unspecified atom stereocenters. The lowest BCUT2D eigenvalue weighted by atomic mass is 9.34. The first-order valence-corrected chi connectivity index (χ1v) is 31.4. The molecule has 4 heterocycles. The van der Waals surface area contributed by atoms with Crippen LogP contribution < -0.4 is 26.0 Å². The summed E-state index contributed by atoms with van der Waals surface area (Å²) in [5.41, 5.74) is 26.4. The zero-order chi connectivity index (χ0) is 60.1. The van der Waals surface area contributed by atoms with Crippen LogP contribution in [0.5, 0.6) is 11.5 Å². The number of anilines is 2. The molecule has 12 aromatic rings. The highest BCUT2D eigenvalue weighted by Gasteiger charge is 2.44.